The van der Waals surface area contributed by atoms with E-state index < -0.39 is 0 Å². The van der Waals surface area contributed by atoms with Crippen LogP contribution in [-0.4, -0.2) is 17.4 Å². The fourth-order valence-electron chi connectivity index (χ4n) is 0.394. The van der Waals surface area contributed by atoms with Crippen LogP contribution in [0.2, 0.25) is 0 Å². The molecule has 8 heavy (non-hydrogen) atoms. The quantitative estimate of drug-likeness (QED) is 0.515. The van der Waals surface area contributed by atoms with Crippen LogP contribution in [0.1, 0.15) is 13.8 Å². The van der Waals surface area contributed by atoms with Gasteiger partial charge >= 0.3 is 0 Å². The molecule has 0 aliphatic heterocycles. The number of hydrogen-bond donors (Lipinski definition) is 2. The van der Waals surface area contributed by atoms with Gasteiger partial charge in [0.2, 0.25) is 0 Å². The van der Waals surface area contributed by atoms with Crippen molar-refractivity contribution in [2.24, 2.45) is 0 Å². The van der Waals surface area contributed by atoms with Crippen molar-refractivity contribution in [2.45, 2.75) is 13.8 Å². The lowest BCUT2D eigenvalue weighted by Gasteiger charge is -1.89. The third-order valence-electron chi connectivity index (χ3n) is 0.633. The molecule has 46 valence electrons. The molecule has 0 bridgehead atoms. The molecule has 0 aromatic heterocycles. The van der Waals surface area contributed by atoms with Crippen LogP contribution >= 0.6 is 0 Å². The standard InChI is InChI=1S/C6H11NO/c1-5(2)3-6(7)4-8/h3,7-8H,4H2,1-2H3. The van der Waals surface area contributed by atoms with Crippen molar-refractivity contribution >= 4 is 5.71 Å². The Hall–Kier alpha value is -0.630. The normalized spacial score (nSPS) is 8.38. The lowest BCUT2D eigenvalue weighted by atomic mass is 10.2. The summed E-state index contributed by atoms with van der Waals surface area (Å²) in [6.07, 6.45) is 1.64. The zero-order valence-corrected chi connectivity index (χ0v) is 5.23. The third kappa shape index (κ3) is 3.56. The van der Waals surface area contributed by atoms with E-state index in [1.807, 2.05) is 13.8 Å². The van der Waals surface area contributed by atoms with Gasteiger partial charge in [-0.15, -0.1) is 0 Å². The first-order valence-corrected chi connectivity index (χ1v) is 2.50. The van der Waals surface area contributed by atoms with Crippen LogP contribution < -0.4 is 0 Å². The summed E-state index contributed by atoms with van der Waals surface area (Å²) in [7, 11) is 0. The molecular formula is C6H11NO. The number of aliphatic hydroxyl groups excluding tert-OH is 1. The Morgan fingerprint density at radius 1 is 1.62 bits per heavy atom. The first-order chi connectivity index (χ1) is 3.66. The van der Waals surface area contributed by atoms with Crippen molar-refractivity contribution in [2.75, 3.05) is 6.61 Å². The van der Waals surface area contributed by atoms with Crippen molar-refractivity contribution in [3.05, 3.63) is 11.6 Å². The Balaban J connectivity index is 3.70. The van der Waals surface area contributed by atoms with E-state index in [4.69, 9.17) is 10.5 Å². The molecule has 0 aromatic carbocycles. The molecule has 0 aromatic rings. The fourth-order valence-corrected chi connectivity index (χ4v) is 0.394. The van der Waals surface area contributed by atoms with Gasteiger partial charge in [-0.2, -0.15) is 0 Å². The number of rotatable bonds is 2. The summed E-state index contributed by atoms with van der Waals surface area (Å²) in [6.45, 7) is 3.62. The second kappa shape index (κ2) is 3.38. The van der Waals surface area contributed by atoms with Gasteiger partial charge < -0.3 is 10.5 Å². The molecule has 0 spiro atoms. The van der Waals surface area contributed by atoms with Crippen molar-refractivity contribution < 1.29 is 5.11 Å². The molecule has 0 radical (unpaired) electrons. The molecular weight excluding hydrogens is 102 g/mol. The molecule has 2 N–H and O–H groups in total. The van der Waals surface area contributed by atoms with Crippen LogP contribution in [0.5, 0.6) is 0 Å². The fraction of sp³-hybridized carbons (Fsp3) is 0.500. The summed E-state index contributed by atoms with van der Waals surface area (Å²) < 4.78 is 0. The summed E-state index contributed by atoms with van der Waals surface area (Å²) in [4.78, 5) is 0. The zero-order valence-electron chi connectivity index (χ0n) is 5.23. The van der Waals surface area contributed by atoms with E-state index in [0.29, 0.717) is 0 Å². The van der Waals surface area contributed by atoms with E-state index in [0.717, 1.165) is 5.57 Å². The van der Waals surface area contributed by atoms with Gasteiger partial charge in [-0.25, -0.2) is 0 Å². The van der Waals surface area contributed by atoms with Crippen molar-refractivity contribution in [1.29, 1.82) is 5.41 Å². The molecule has 2 nitrogen and oxygen atoms in total. The highest BCUT2D eigenvalue weighted by Crippen LogP contribution is 1.87. The Labute approximate surface area is 49.4 Å². The number of aliphatic hydroxyl groups is 1. The second-order valence-corrected chi connectivity index (χ2v) is 1.91. The molecule has 0 saturated heterocycles. The molecule has 0 atom stereocenters. The largest absolute Gasteiger partial charge is 0.390 e. The molecule has 0 unspecified atom stereocenters. The summed E-state index contributed by atoms with van der Waals surface area (Å²) in [6, 6.07) is 0. The molecule has 0 saturated carbocycles. The number of allylic oxidation sites excluding steroid dienone is 1. The Morgan fingerprint density at radius 2 is 2.12 bits per heavy atom. The lowest BCUT2D eigenvalue weighted by Crippen LogP contribution is -1.97. The molecule has 0 fully saturated rings. The minimum atomic E-state index is -0.162. The van der Waals surface area contributed by atoms with Crippen LogP contribution in [0.4, 0.5) is 0 Å². The van der Waals surface area contributed by atoms with E-state index in [1.54, 1.807) is 6.08 Å². The number of nitrogens with one attached hydrogen (secondary N) is 1. The van der Waals surface area contributed by atoms with Gasteiger partial charge in [-0.3, -0.25) is 0 Å². The van der Waals surface area contributed by atoms with Crippen LogP contribution in [0.25, 0.3) is 0 Å². The minimum absolute atomic E-state index is 0.162. The maximum absolute atomic E-state index is 8.31. The maximum atomic E-state index is 8.31. The smallest absolute Gasteiger partial charge is 0.0845 e. The minimum Gasteiger partial charge on any atom is -0.390 e. The third-order valence-corrected chi connectivity index (χ3v) is 0.633. The summed E-state index contributed by atoms with van der Waals surface area (Å²) >= 11 is 0. The lowest BCUT2D eigenvalue weighted by molar-refractivity contribution is 0.357. The van der Waals surface area contributed by atoms with Crippen molar-refractivity contribution in [1.82, 2.24) is 0 Å². The predicted octanol–water partition coefficient (Wildman–Crippen LogP) is 0.965. The molecule has 0 amide bonds. The van der Waals surface area contributed by atoms with Gasteiger partial charge in [-0.05, 0) is 19.9 Å². The number of hydrogen-bond acceptors (Lipinski definition) is 2. The molecule has 0 heterocycles. The first kappa shape index (κ1) is 7.37. The SMILES string of the molecule is CC(C)=CC(=N)CO. The summed E-state index contributed by atoms with van der Waals surface area (Å²) in [5.41, 5.74) is 1.31. The summed E-state index contributed by atoms with van der Waals surface area (Å²) in [5, 5.41) is 15.3. The van der Waals surface area contributed by atoms with Crippen LogP contribution in [-0.2, 0) is 0 Å². The van der Waals surface area contributed by atoms with Crippen LogP contribution in [0.15, 0.2) is 11.6 Å². The highest BCUT2D eigenvalue weighted by atomic mass is 16.3. The Kier molecular flexibility index (Phi) is 3.12. The highest BCUT2D eigenvalue weighted by molar-refractivity contribution is 5.93. The van der Waals surface area contributed by atoms with E-state index in [2.05, 4.69) is 0 Å². The van der Waals surface area contributed by atoms with E-state index >= 15 is 0 Å². The van der Waals surface area contributed by atoms with Crippen molar-refractivity contribution in [3.8, 4) is 0 Å². The van der Waals surface area contributed by atoms with Gasteiger partial charge in [-0.1, -0.05) is 5.57 Å². The Morgan fingerprint density at radius 3 is 2.25 bits per heavy atom. The molecule has 0 aliphatic rings. The van der Waals surface area contributed by atoms with E-state index in [-0.39, 0.29) is 12.3 Å². The first-order valence-electron chi connectivity index (χ1n) is 2.50. The average Bonchev–Trinajstić information content (AvgIpc) is 1.65. The maximum Gasteiger partial charge on any atom is 0.0845 e. The topological polar surface area (TPSA) is 44.1 Å². The highest BCUT2D eigenvalue weighted by Gasteiger charge is 1.84. The van der Waals surface area contributed by atoms with E-state index in [1.165, 1.54) is 0 Å². The van der Waals surface area contributed by atoms with Crippen LogP contribution in [0, 0.1) is 5.41 Å². The second-order valence-electron chi connectivity index (χ2n) is 1.91. The predicted molar refractivity (Wildman–Crippen MR) is 34.2 cm³/mol. The average molecular weight is 113 g/mol. The monoisotopic (exact) mass is 113 g/mol. The zero-order chi connectivity index (χ0) is 6.57. The Bertz CT molecular complexity index is 112. The van der Waals surface area contributed by atoms with Crippen molar-refractivity contribution in [3.63, 3.8) is 0 Å². The van der Waals surface area contributed by atoms with Gasteiger partial charge in [0.05, 0.1) is 12.3 Å². The molecule has 0 rings (SSSR count). The summed E-state index contributed by atoms with van der Waals surface area (Å²) in [5.74, 6) is 0. The van der Waals surface area contributed by atoms with Crippen LogP contribution in [0.3, 0.4) is 0 Å². The van der Waals surface area contributed by atoms with E-state index in [9.17, 15) is 0 Å². The molecule has 0 aliphatic carbocycles. The van der Waals surface area contributed by atoms with Gasteiger partial charge in [0, 0.05) is 0 Å². The molecule has 2 heteroatoms. The van der Waals surface area contributed by atoms with Gasteiger partial charge in [0.25, 0.3) is 0 Å². The van der Waals surface area contributed by atoms with Gasteiger partial charge in [0.15, 0.2) is 0 Å². The van der Waals surface area contributed by atoms with Gasteiger partial charge in [0.1, 0.15) is 0 Å².